The predicted octanol–water partition coefficient (Wildman–Crippen LogP) is 2.85. The summed E-state index contributed by atoms with van der Waals surface area (Å²) >= 11 is 0. The number of halogens is 1. The van der Waals surface area contributed by atoms with Gasteiger partial charge in [-0.15, -0.1) is 0 Å². The summed E-state index contributed by atoms with van der Waals surface area (Å²) < 4.78 is 24.6. The Hall–Kier alpha value is -3.60. The molecule has 0 heterocycles. The van der Waals surface area contributed by atoms with Crippen LogP contribution in [0.5, 0.6) is 17.2 Å². The molecule has 0 radical (unpaired) electrons. The number of anilines is 1. The fraction of sp³-hybridized carbons (Fsp3) is 0.0625. The highest BCUT2D eigenvalue weighted by Crippen LogP contribution is 2.27. The number of nitrogens with two attached hydrogens (primary N) is 1. The van der Waals surface area contributed by atoms with Gasteiger partial charge in [-0.25, -0.2) is 4.39 Å². The molecule has 4 N–H and O–H groups in total. The monoisotopic (exact) mass is 327 g/mol. The van der Waals surface area contributed by atoms with Crippen LogP contribution in [0.15, 0.2) is 47.6 Å². The number of rotatable bonds is 6. The summed E-state index contributed by atoms with van der Waals surface area (Å²) in [6.07, 6.45) is 0. The summed E-state index contributed by atoms with van der Waals surface area (Å²) in [6.45, 7) is 0. The topological polar surface area (TPSA) is 117 Å². The highest BCUT2D eigenvalue weighted by atomic mass is 19.1. The third-order valence-corrected chi connectivity index (χ3v) is 2.88. The van der Waals surface area contributed by atoms with E-state index < -0.39 is 11.7 Å². The second kappa shape index (κ2) is 7.60. The molecule has 0 aliphatic rings. The molecule has 0 bridgehead atoms. The molecule has 0 amide bonds. The molecule has 24 heavy (non-hydrogen) atoms. The highest BCUT2D eigenvalue weighted by Gasteiger charge is 2.07. The van der Waals surface area contributed by atoms with Crippen molar-refractivity contribution in [2.75, 3.05) is 12.5 Å². The predicted molar refractivity (Wildman–Crippen MR) is 88.1 cm³/mol. The van der Waals surface area contributed by atoms with Crippen LogP contribution in [0.3, 0.4) is 0 Å². The summed E-state index contributed by atoms with van der Waals surface area (Å²) in [4.78, 5) is 0. The number of nitriles is 1. The molecule has 0 atom stereocenters. The van der Waals surface area contributed by atoms with Gasteiger partial charge in [0.2, 0.25) is 5.71 Å². The Morgan fingerprint density at radius 3 is 2.46 bits per heavy atom. The maximum Gasteiger partial charge on any atom is 0.201 e. The molecular weight excluding hydrogens is 313 g/mol. The molecule has 0 saturated carbocycles. The van der Waals surface area contributed by atoms with E-state index in [4.69, 9.17) is 25.9 Å². The van der Waals surface area contributed by atoms with E-state index in [9.17, 15) is 4.39 Å². The van der Waals surface area contributed by atoms with Crippen LogP contribution in [0, 0.1) is 22.6 Å². The van der Waals surface area contributed by atoms with Gasteiger partial charge in [0, 0.05) is 6.07 Å². The van der Waals surface area contributed by atoms with E-state index in [0.29, 0.717) is 11.5 Å². The van der Waals surface area contributed by atoms with Gasteiger partial charge in [0.25, 0.3) is 0 Å². The minimum atomic E-state index is -0.618. The van der Waals surface area contributed by atoms with Crippen LogP contribution in [0.4, 0.5) is 10.1 Å². The lowest BCUT2D eigenvalue weighted by molar-refractivity contribution is 0.411. The van der Waals surface area contributed by atoms with Gasteiger partial charge in [-0.2, -0.15) is 10.4 Å². The van der Waals surface area contributed by atoms with Crippen LogP contribution < -0.4 is 20.6 Å². The molecule has 0 aliphatic carbocycles. The van der Waals surface area contributed by atoms with Crippen molar-refractivity contribution < 1.29 is 13.9 Å². The second-order valence-corrected chi connectivity index (χ2v) is 4.52. The number of methoxy groups -OCH3 is 1. The first-order chi connectivity index (χ1) is 11.5. The Bertz CT molecular complexity index is 812. The van der Waals surface area contributed by atoms with Crippen molar-refractivity contribution in [3.8, 4) is 23.3 Å². The molecule has 0 unspecified atom stereocenters. The van der Waals surface area contributed by atoms with E-state index in [1.165, 1.54) is 12.1 Å². The Kier molecular flexibility index (Phi) is 5.31. The Morgan fingerprint density at radius 2 is 1.92 bits per heavy atom. The lowest BCUT2D eigenvalue weighted by Gasteiger charge is -2.09. The number of hydrazone groups is 1. The van der Waals surface area contributed by atoms with Gasteiger partial charge in [0.05, 0.1) is 12.8 Å². The average Bonchev–Trinajstić information content (AvgIpc) is 2.58. The minimum Gasteiger partial charge on any atom is -0.497 e. The van der Waals surface area contributed by atoms with Crippen LogP contribution >= 0.6 is 0 Å². The smallest absolute Gasteiger partial charge is 0.201 e. The molecular formula is C16H14FN5O2. The molecule has 0 spiro atoms. The van der Waals surface area contributed by atoms with E-state index >= 15 is 0 Å². The standard InChI is InChI=1S/C16H14FN5O2/c1-23-11-3-5-12(6-4-11)24-15-7-2-10(8-13(15)17)21-22-14(9-18)16(19)20/h2-8,21H,1H3,(H3,19,20)/b22-14+. The van der Waals surface area contributed by atoms with E-state index in [2.05, 4.69) is 10.5 Å². The molecule has 0 aliphatic heterocycles. The molecule has 0 aromatic heterocycles. The van der Waals surface area contributed by atoms with Gasteiger partial charge in [-0.1, -0.05) is 0 Å². The first kappa shape index (κ1) is 16.8. The highest BCUT2D eigenvalue weighted by molar-refractivity contribution is 6.45. The largest absolute Gasteiger partial charge is 0.497 e. The van der Waals surface area contributed by atoms with Crippen LogP contribution in [0.25, 0.3) is 0 Å². The number of nitrogens with one attached hydrogen (secondary N) is 2. The van der Waals surface area contributed by atoms with Crippen molar-refractivity contribution in [2.24, 2.45) is 10.8 Å². The van der Waals surface area contributed by atoms with Crippen LogP contribution in [0.1, 0.15) is 0 Å². The molecule has 7 nitrogen and oxygen atoms in total. The lowest BCUT2D eigenvalue weighted by atomic mass is 10.3. The minimum absolute atomic E-state index is 0.0294. The lowest BCUT2D eigenvalue weighted by Crippen LogP contribution is -2.21. The Balaban J connectivity index is 2.11. The summed E-state index contributed by atoms with van der Waals surface area (Å²) in [5.41, 5.74) is 7.60. The normalized spacial score (nSPS) is 10.6. The van der Waals surface area contributed by atoms with Gasteiger partial charge >= 0.3 is 0 Å². The van der Waals surface area contributed by atoms with Crippen molar-refractivity contribution in [1.29, 1.82) is 10.7 Å². The first-order valence-electron chi connectivity index (χ1n) is 6.73. The molecule has 2 aromatic rings. The number of hydrogen-bond donors (Lipinski definition) is 3. The molecule has 2 rings (SSSR count). The zero-order valence-electron chi connectivity index (χ0n) is 12.7. The number of benzene rings is 2. The fourth-order valence-corrected chi connectivity index (χ4v) is 1.69. The maximum absolute atomic E-state index is 14.1. The van der Waals surface area contributed by atoms with Gasteiger partial charge in [-0.3, -0.25) is 10.8 Å². The van der Waals surface area contributed by atoms with Crippen molar-refractivity contribution in [2.45, 2.75) is 0 Å². The van der Waals surface area contributed by atoms with Crippen molar-refractivity contribution in [3.05, 3.63) is 48.3 Å². The molecule has 0 saturated heterocycles. The molecule has 8 heteroatoms. The van der Waals surface area contributed by atoms with Crippen LogP contribution in [0.2, 0.25) is 0 Å². The SMILES string of the molecule is COc1ccc(Oc2ccc(N/N=C(\C#N)C(=N)N)cc2F)cc1. The summed E-state index contributed by atoms with van der Waals surface area (Å²) in [5, 5.41) is 19.5. The zero-order valence-corrected chi connectivity index (χ0v) is 12.7. The number of amidine groups is 1. The van der Waals surface area contributed by atoms with Crippen LogP contribution in [-0.2, 0) is 0 Å². The van der Waals surface area contributed by atoms with E-state index in [-0.39, 0.29) is 17.1 Å². The van der Waals surface area contributed by atoms with Crippen molar-refractivity contribution in [3.63, 3.8) is 0 Å². The van der Waals surface area contributed by atoms with Gasteiger partial charge in [0.1, 0.15) is 17.6 Å². The average molecular weight is 327 g/mol. The van der Waals surface area contributed by atoms with Gasteiger partial charge in [0.15, 0.2) is 17.4 Å². The summed E-state index contributed by atoms with van der Waals surface area (Å²) in [5.74, 6) is 0.0508. The number of nitrogens with zero attached hydrogens (tertiary/aromatic N) is 2. The van der Waals surface area contributed by atoms with Crippen molar-refractivity contribution in [1.82, 2.24) is 0 Å². The van der Waals surface area contributed by atoms with E-state index in [1.807, 2.05) is 0 Å². The van der Waals surface area contributed by atoms with E-state index in [0.717, 1.165) is 6.07 Å². The quantitative estimate of drug-likeness (QED) is 0.428. The summed E-state index contributed by atoms with van der Waals surface area (Å²) in [7, 11) is 1.55. The van der Waals surface area contributed by atoms with Gasteiger partial charge in [-0.05, 0) is 36.4 Å². The Labute approximate surface area is 137 Å². The number of hydrogen-bond acceptors (Lipinski definition) is 6. The zero-order chi connectivity index (χ0) is 17.5. The maximum atomic E-state index is 14.1. The van der Waals surface area contributed by atoms with Crippen molar-refractivity contribution >= 4 is 17.2 Å². The molecule has 2 aromatic carbocycles. The third-order valence-electron chi connectivity index (χ3n) is 2.88. The van der Waals surface area contributed by atoms with E-state index in [1.54, 1.807) is 37.4 Å². The van der Waals surface area contributed by atoms with Crippen LogP contribution in [-0.4, -0.2) is 18.7 Å². The second-order valence-electron chi connectivity index (χ2n) is 4.52. The molecule has 0 fully saturated rings. The third kappa shape index (κ3) is 4.20. The first-order valence-corrected chi connectivity index (χ1v) is 6.73. The Morgan fingerprint density at radius 1 is 1.25 bits per heavy atom. The molecule has 122 valence electrons. The summed E-state index contributed by atoms with van der Waals surface area (Å²) in [6, 6.07) is 12.4. The number of ether oxygens (including phenoxy) is 2. The fourth-order valence-electron chi connectivity index (χ4n) is 1.69. The van der Waals surface area contributed by atoms with Gasteiger partial charge < -0.3 is 15.2 Å².